The lowest BCUT2D eigenvalue weighted by Gasteiger charge is -2.22. The Balaban J connectivity index is 2.10. The Bertz CT molecular complexity index is 481. The summed E-state index contributed by atoms with van der Waals surface area (Å²) < 4.78 is 13.2. The largest absolute Gasteiger partial charge is 0.303 e. The van der Waals surface area contributed by atoms with Gasteiger partial charge in [0.25, 0.3) is 0 Å². The number of benzene rings is 1. The lowest BCUT2D eigenvalue weighted by atomic mass is 10.0. The fourth-order valence-electron chi connectivity index (χ4n) is 2.09. The summed E-state index contributed by atoms with van der Waals surface area (Å²) in [6.07, 6.45) is 0.944. The minimum atomic E-state index is -0.170. The molecule has 2 atom stereocenters. The molecule has 1 N–H and O–H groups in total. The van der Waals surface area contributed by atoms with Crippen LogP contribution in [0.25, 0.3) is 0 Å². The molecule has 18 heavy (non-hydrogen) atoms. The Morgan fingerprint density at radius 2 is 2.11 bits per heavy atom. The van der Waals surface area contributed by atoms with Crippen LogP contribution in [0, 0.1) is 5.82 Å². The molecule has 0 spiro atoms. The maximum absolute atomic E-state index is 13.2. The van der Waals surface area contributed by atoms with E-state index >= 15 is 0 Å². The highest BCUT2D eigenvalue weighted by Crippen LogP contribution is 2.24. The normalized spacial score (nSPS) is 14.4. The van der Waals surface area contributed by atoms with Gasteiger partial charge in [0.15, 0.2) is 0 Å². The van der Waals surface area contributed by atoms with E-state index in [0.717, 1.165) is 12.0 Å². The first-order valence-corrected chi connectivity index (χ1v) is 7.13. The van der Waals surface area contributed by atoms with Crippen LogP contribution in [-0.2, 0) is 0 Å². The van der Waals surface area contributed by atoms with Crippen LogP contribution in [-0.4, -0.2) is 0 Å². The molecule has 0 aliphatic carbocycles. The second-order valence-corrected chi connectivity index (χ2v) is 5.40. The Hall–Kier alpha value is -1.19. The van der Waals surface area contributed by atoms with E-state index in [-0.39, 0.29) is 11.9 Å². The summed E-state index contributed by atoms with van der Waals surface area (Å²) in [6.45, 7) is 4.26. The van der Waals surface area contributed by atoms with E-state index in [9.17, 15) is 4.39 Å². The van der Waals surface area contributed by atoms with Crippen molar-refractivity contribution in [1.29, 1.82) is 0 Å². The average Bonchev–Trinajstić information content (AvgIpc) is 2.89. The number of nitrogens with one attached hydrogen (secondary N) is 1. The summed E-state index contributed by atoms with van der Waals surface area (Å²) in [7, 11) is 0. The molecule has 0 aliphatic heterocycles. The molecule has 1 aromatic heterocycles. The van der Waals surface area contributed by atoms with Crippen molar-refractivity contribution in [3.63, 3.8) is 0 Å². The first-order chi connectivity index (χ1) is 8.70. The molecule has 2 aromatic rings. The predicted molar refractivity (Wildman–Crippen MR) is 75.3 cm³/mol. The first kappa shape index (κ1) is 13.2. The quantitative estimate of drug-likeness (QED) is 0.825. The van der Waals surface area contributed by atoms with Gasteiger partial charge in [-0.2, -0.15) is 0 Å². The molecule has 2 rings (SSSR count). The van der Waals surface area contributed by atoms with Crippen molar-refractivity contribution >= 4 is 11.3 Å². The molecule has 96 valence electrons. The summed E-state index contributed by atoms with van der Waals surface area (Å²) in [6, 6.07) is 11.5. The van der Waals surface area contributed by atoms with Gasteiger partial charge in [0, 0.05) is 17.0 Å². The van der Waals surface area contributed by atoms with Gasteiger partial charge in [0.2, 0.25) is 0 Å². The van der Waals surface area contributed by atoms with E-state index < -0.39 is 0 Å². The Morgan fingerprint density at radius 1 is 1.28 bits per heavy atom. The number of hydrogen-bond acceptors (Lipinski definition) is 2. The van der Waals surface area contributed by atoms with Gasteiger partial charge >= 0.3 is 0 Å². The van der Waals surface area contributed by atoms with Crippen molar-refractivity contribution in [3.05, 3.63) is 58.0 Å². The predicted octanol–water partition coefficient (Wildman–Crippen LogP) is 4.69. The van der Waals surface area contributed by atoms with E-state index in [2.05, 4.69) is 36.7 Å². The first-order valence-electron chi connectivity index (χ1n) is 6.25. The van der Waals surface area contributed by atoms with Crippen molar-refractivity contribution < 1.29 is 4.39 Å². The van der Waals surface area contributed by atoms with Crippen molar-refractivity contribution in [2.45, 2.75) is 32.4 Å². The van der Waals surface area contributed by atoms with Crippen LogP contribution in [0.2, 0.25) is 0 Å². The zero-order valence-electron chi connectivity index (χ0n) is 10.7. The van der Waals surface area contributed by atoms with Crippen LogP contribution >= 0.6 is 11.3 Å². The van der Waals surface area contributed by atoms with E-state index in [0.29, 0.717) is 6.04 Å². The van der Waals surface area contributed by atoms with Crippen molar-refractivity contribution in [1.82, 2.24) is 5.32 Å². The molecule has 0 aliphatic rings. The molecule has 0 saturated heterocycles. The molecule has 3 heteroatoms. The lowest BCUT2D eigenvalue weighted by Crippen LogP contribution is -2.23. The Morgan fingerprint density at radius 3 is 2.72 bits per heavy atom. The molecular formula is C15H18FNS. The smallest absolute Gasteiger partial charge is 0.123 e. The van der Waals surface area contributed by atoms with E-state index in [1.165, 1.54) is 10.9 Å². The number of halogens is 1. The minimum Gasteiger partial charge on any atom is -0.303 e. The fourth-order valence-corrected chi connectivity index (χ4v) is 2.84. The third kappa shape index (κ3) is 3.18. The van der Waals surface area contributed by atoms with Crippen molar-refractivity contribution in [2.75, 3.05) is 0 Å². The number of thiophene rings is 1. The third-order valence-electron chi connectivity index (χ3n) is 3.08. The zero-order chi connectivity index (χ0) is 13.0. The fraction of sp³-hybridized carbons (Fsp3) is 0.333. The van der Waals surface area contributed by atoms with Crippen LogP contribution in [0.4, 0.5) is 4.39 Å². The SMILES string of the molecule is CCC(N[C@H](C)c1cccs1)c1cccc(F)c1. The molecule has 0 saturated carbocycles. The van der Waals surface area contributed by atoms with Crippen LogP contribution in [0.5, 0.6) is 0 Å². The van der Waals surface area contributed by atoms with Crippen LogP contribution in [0.3, 0.4) is 0 Å². The molecular weight excluding hydrogens is 245 g/mol. The Labute approximate surface area is 112 Å². The molecule has 0 amide bonds. The zero-order valence-corrected chi connectivity index (χ0v) is 11.5. The molecule has 1 unspecified atom stereocenters. The van der Waals surface area contributed by atoms with Crippen molar-refractivity contribution in [3.8, 4) is 0 Å². The summed E-state index contributed by atoms with van der Waals surface area (Å²) >= 11 is 1.75. The van der Waals surface area contributed by atoms with Crippen LogP contribution < -0.4 is 5.32 Å². The maximum Gasteiger partial charge on any atom is 0.123 e. The highest BCUT2D eigenvalue weighted by Gasteiger charge is 2.14. The second kappa shape index (κ2) is 6.12. The summed E-state index contributed by atoms with van der Waals surface area (Å²) in [5.74, 6) is -0.170. The molecule has 1 aromatic carbocycles. The highest BCUT2D eigenvalue weighted by molar-refractivity contribution is 7.10. The van der Waals surface area contributed by atoms with E-state index in [1.54, 1.807) is 23.5 Å². The topological polar surface area (TPSA) is 12.0 Å². The number of hydrogen-bond donors (Lipinski definition) is 1. The van der Waals surface area contributed by atoms with Gasteiger partial charge in [-0.1, -0.05) is 25.1 Å². The molecule has 0 radical (unpaired) electrons. The Kier molecular flexibility index (Phi) is 4.50. The lowest BCUT2D eigenvalue weighted by molar-refractivity contribution is 0.458. The van der Waals surface area contributed by atoms with Gasteiger partial charge < -0.3 is 5.32 Å². The summed E-state index contributed by atoms with van der Waals surface area (Å²) in [5, 5.41) is 5.64. The summed E-state index contributed by atoms with van der Waals surface area (Å²) in [4.78, 5) is 1.31. The number of rotatable bonds is 5. The van der Waals surface area contributed by atoms with E-state index in [4.69, 9.17) is 0 Å². The second-order valence-electron chi connectivity index (χ2n) is 4.42. The summed E-state index contributed by atoms with van der Waals surface area (Å²) in [5.41, 5.74) is 1.01. The maximum atomic E-state index is 13.2. The van der Waals surface area contributed by atoms with Crippen molar-refractivity contribution in [2.24, 2.45) is 0 Å². The van der Waals surface area contributed by atoms with Gasteiger partial charge in [0.1, 0.15) is 5.82 Å². The van der Waals surface area contributed by atoms with Gasteiger partial charge in [-0.25, -0.2) is 4.39 Å². The molecule has 0 fully saturated rings. The third-order valence-corrected chi connectivity index (χ3v) is 4.14. The average molecular weight is 263 g/mol. The minimum absolute atomic E-state index is 0.170. The van der Waals surface area contributed by atoms with Crippen LogP contribution in [0.1, 0.15) is 42.8 Å². The van der Waals surface area contributed by atoms with Gasteiger partial charge in [-0.3, -0.25) is 0 Å². The van der Waals surface area contributed by atoms with Gasteiger partial charge in [-0.15, -0.1) is 11.3 Å². The van der Waals surface area contributed by atoms with E-state index in [1.807, 2.05) is 6.07 Å². The monoisotopic (exact) mass is 263 g/mol. The van der Waals surface area contributed by atoms with Gasteiger partial charge in [-0.05, 0) is 42.5 Å². The van der Waals surface area contributed by atoms with Crippen LogP contribution in [0.15, 0.2) is 41.8 Å². The molecule has 0 bridgehead atoms. The highest BCUT2D eigenvalue weighted by atomic mass is 32.1. The molecule has 1 nitrogen and oxygen atoms in total. The standard InChI is InChI=1S/C15H18FNS/c1-3-14(12-6-4-7-13(16)10-12)17-11(2)15-8-5-9-18-15/h4-11,14,17H,3H2,1-2H3/t11-,14?/m1/s1. The molecule has 1 heterocycles. The van der Waals surface area contributed by atoms with Gasteiger partial charge in [0.05, 0.1) is 0 Å².